The molecule has 166 valence electrons. The summed E-state index contributed by atoms with van der Waals surface area (Å²) in [6.07, 6.45) is -2.98. The van der Waals surface area contributed by atoms with Crippen LogP contribution in [0.15, 0.2) is 54.6 Å². The number of nitrogens with zero attached hydrogens (tertiary/aromatic N) is 1. The molecule has 2 heterocycles. The molecule has 2 aromatic carbocycles. The number of amides is 1. The quantitative estimate of drug-likeness (QED) is 0.744. The number of carbonyl (C=O) groups excluding carboxylic acids is 1. The lowest BCUT2D eigenvalue weighted by molar-refractivity contribution is -0.137. The fourth-order valence-corrected chi connectivity index (χ4v) is 4.37. The molecule has 1 spiro atoms. The van der Waals surface area contributed by atoms with Crippen LogP contribution in [0.25, 0.3) is 0 Å². The van der Waals surface area contributed by atoms with Gasteiger partial charge < -0.3 is 14.8 Å². The van der Waals surface area contributed by atoms with Crippen LogP contribution in [0.5, 0.6) is 0 Å². The summed E-state index contributed by atoms with van der Waals surface area (Å²) in [4.78, 5) is 14.4. The van der Waals surface area contributed by atoms with Crippen LogP contribution < -0.4 is 5.32 Å². The molecule has 2 saturated heterocycles. The van der Waals surface area contributed by atoms with Crippen LogP contribution >= 0.6 is 0 Å². The Bertz CT molecular complexity index is 898. The summed E-state index contributed by atoms with van der Waals surface area (Å²) in [6.45, 7) is 2.06. The van der Waals surface area contributed by atoms with Crippen molar-refractivity contribution >= 4 is 11.6 Å². The van der Waals surface area contributed by atoms with Crippen molar-refractivity contribution in [2.24, 2.45) is 0 Å². The Kier molecular flexibility index (Phi) is 6.31. The van der Waals surface area contributed by atoms with E-state index in [1.807, 2.05) is 35.2 Å². The first-order valence-corrected chi connectivity index (χ1v) is 10.3. The monoisotopic (exact) mass is 434 g/mol. The standard InChI is InChI=1S/C23H25F3N2O3/c24-23(25,26)18-9-4-5-10-19(18)27-21(29)14-28-13-20(22(16-28)11-6-12-31-22)30-15-17-7-2-1-3-8-17/h1-5,7-10,20H,6,11-16H2,(H,27,29)/t20-,22-/m0/s1. The highest BCUT2D eigenvalue weighted by molar-refractivity contribution is 5.93. The third-order valence-corrected chi connectivity index (χ3v) is 5.80. The van der Waals surface area contributed by atoms with Gasteiger partial charge in [-0.25, -0.2) is 0 Å². The first-order valence-electron chi connectivity index (χ1n) is 10.3. The molecule has 0 unspecified atom stereocenters. The maximum Gasteiger partial charge on any atom is 0.418 e. The molecule has 0 bridgehead atoms. The lowest BCUT2D eigenvalue weighted by Crippen LogP contribution is -2.42. The van der Waals surface area contributed by atoms with Gasteiger partial charge in [0.1, 0.15) is 11.7 Å². The molecule has 0 aliphatic carbocycles. The van der Waals surface area contributed by atoms with E-state index < -0.39 is 23.2 Å². The first kappa shape index (κ1) is 21.8. The molecule has 5 nitrogen and oxygen atoms in total. The van der Waals surface area contributed by atoms with Gasteiger partial charge in [0.05, 0.1) is 24.4 Å². The zero-order chi connectivity index (χ0) is 21.9. The van der Waals surface area contributed by atoms with E-state index in [2.05, 4.69) is 5.32 Å². The number of nitrogens with one attached hydrogen (secondary N) is 1. The van der Waals surface area contributed by atoms with E-state index in [1.165, 1.54) is 18.2 Å². The molecule has 8 heteroatoms. The maximum atomic E-state index is 13.2. The van der Waals surface area contributed by atoms with Crippen molar-refractivity contribution in [2.45, 2.75) is 37.3 Å². The lowest BCUT2D eigenvalue weighted by Gasteiger charge is -2.29. The fourth-order valence-electron chi connectivity index (χ4n) is 4.37. The van der Waals surface area contributed by atoms with Gasteiger partial charge in [0.25, 0.3) is 0 Å². The van der Waals surface area contributed by atoms with Crippen LogP contribution in [-0.2, 0) is 27.1 Å². The number of halogens is 3. The predicted octanol–water partition coefficient (Wildman–Crippen LogP) is 4.09. The Morgan fingerprint density at radius 2 is 1.90 bits per heavy atom. The van der Waals surface area contributed by atoms with Crippen LogP contribution in [0, 0.1) is 0 Å². The third kappa shape index (κ3) is 5.08. The van der Waals surface area contributed by atoms with E-state index in [9.17, 15) is 18.0 Å². The van der Waals surface area contributed by atoms with Crippen LogP contribution in [0.2, 0.25) is 0 Å². The highest BCUT2D eigenvalue weighted by Gasteiger charge is 2.50. The number of benzene rings is 2. The second kappa shape index (κ2) is 8.98. The SMILES string of the molecule is O=C(CN1C[C@H](OCc2ccccc2)[C@]2(CCCO2)C1)Nc1ccccc1C(F)(F)F. The Morgan fingerprint density at radius 1 is 1.16 bits per heavy atom. The number of para-hydroxylation sites is 1. The van der Waals surface area contributed by atoms with Gasteiger partial charge in [0.2, 0.25) is 5.91 Å². The van der Waals surface area contributed by atoms with Crippen molar-refractivity contribution in [3.05, 3.63) is 65.7 Å². The topological polar surface area (TPSA) is 50.8 Å². The summed E-state index contributed by atoms with van der Waals surface area (Å²) in [6, 6.07) is 14.8. The van der Waals surface area contributed by atoms with E-state index in [0.717, 1.165) is 24.5 Å². The fraction of sp³-hybridized carbons (Fsp3) is 0.435. The lowest BCUT2D eigenvalue weighted by atomic mass is 9.96. The molecule has 2 aliphatic heterocycles. The zero-order valence-corrected chi connectivity index (χ0v) is 17.0. The van der Waals surface area contributed by atoms with E-state index in [0.29, 0.717) is 26.3 Å². The molecular weight excluding hydrogens is 409 g/mol. The Morgan fingerprint density at radius 3 is 2.61 bits per heavy atom. The van der Waals surface area contributed by atoms with Crippen molar-refractivity contribution in [1.29, 1.82) is 0 Å². The largest absolute Gasteiger partial charge is 0.418 e. The number of carbonyl (C=O) groups is 1. The van der Waals surface area contributed by atoms with E-state index in [-0.39, 0.29) is 18.3 Å². The second-order valence-electron chi connectivity index (χ2n) is 8.06. The van der Waals surface area contributed by atoms with Crippen LogP contribution in [0.4, 0.5) is 18.9 Å². The minimum atomic E-state index is -4.53. The first-order chi connectivity index (χ1) is 14.9. The molecule has 0 radical (unpaired) electrons. The summed E-state index contributed by atoms with van der Waals surface area (Å²) >= 11 is 0. The highest BCUT2D eigenvalue weighted by Crippen LogP contribution is 2.38. The Hall–Kier alpha value is -2.42. The van der Waals surface area contributed by atoms with Gasteiger partial charge in [-0.2, -0.15) is 13.2 Å². The van der Waals surface area contributed by atoms with Crippen molar-refractivity contribution in [1.82, 2.24) is 4.90 Å². The number of rotatable bonds is 6. The molecule has 0 saturated carbocycles. The van der Waals surface area contributed by atoms with Gasteiger partial charge >= 0.3 is 6.18 Å². The molecule has 1 N–H and O–H groups in total. The molecule has 4 rings (SSSR count). The highest BCUT2D eigenvalue weighted by atomic mass is 19.4. The summed E-state index contributed by atoms with van der Waals surface area (Å²) in [5, 5.41) is 2.41. The molecule has 2 atom stereocenters. The average molecular weight is 434 g/mol. The number of likely N-dealkylation sites (tertiary alicyclic amines) is 1. The predicted molar refractivity (Wildman–Crippen MR) is 109 cm³/mol. The van der Waals surface area contributed by atoms with Gasteiger partial charge in [-0.1, -0.05) is 42.5 Å². The summed E-state index contributed by atoms with van der Waals surface area (Å²) in [5.41, 5.74) is -0.512. The molecule has 2 aromatic rings. The molecule has 2 fully saturated rings. The van der Waals surface area contributed by atoms with Gasteiger partial charge in [0, 0.05) is 19.7 Å². The number of hydrogen-bond donors (Lipinski definition) is 1. The van der Waals surface area contributed by atoms with Crippen molar-refractivity contribution in [3.63, 3.8) is 0 Å². The summed E-state index contributed by atoms with van der Waals surface area (Å²) in [5.74, 6) is -0.492. The summed E-state index contributed by atoms with van der Waals surface area (Å²) in [7, 11) is 0. The second-order valence-corrected chi connectivity index (χ2v) is 8.06. The number of hydrogen-bond acceptors (Lipinski definition) is 4. The van der Waals surface area contributed by atoms with Gasteiger partial charge in [-0.05, 0) is 30.5 Å². The molecule has 1 amide bonds. The average Bonchev–Trinajstić information content (AvgIpc) is 3.33. The minimum absolute atomic E-state index is 0.0253. The van der Waals surface area contributed by atoms with Crippen LogP contribution in [0.1, 0.15) is 24.0 Å². The van der Waals surface area contributed by atoms with Crippen molar-refractivity contribution in [2.75, 3.05) is 31.6 Å². The number of anilines is 1. The Balaban J connectivity index is 1.39. The molecule has 31 heavy (non-hydrogen) atoms. The molecular formula is C23H25F3N2O3. The van der Waals surface area contributed by atoms with E-state index in [1.54, 1.807) is 0 Å². The van der Waals surface area contributed by atoms with Crippen molar-refractivity contribution in [3.8, 4) is 0 Å². The normalized spacial score (nSPS) is 24.0. The molecule has 0 aromatic heterocycles. The number of alkyl halides is 3. The van der Waals surface area contributed by atoms with Crippen molar-refractivity contribution < 1.29 is 27.4 Å². The molecule has 2 aliphatic rings. The Labute approximate surface area is 179 Å². The van der Waals surface area contributed by atoms with Gasteiger partial charge in [-0.15, -0.1) is 0 Å². The zero-order valence-electron chi connectivity index (χ0n) is 17.0. The van der Waals surface area contributed by atoms with Gasteiger partial charge in [0.15, 0.2) is 0 Å². The van der Waals surface area contributed by atoms with E-state index in [4.69, 9.17) is 9.47 Å². The van der Waals surface area contributed by atoms with Crippen LogP contribution in [0.3, 0.4) is 0 Å². The number of ether oxygens (including phenoxy) is 2. The summed E-state index contributed by atoms with van der Waals surface area (Å²) < 4.78 is 51.8. The maximum absolute atomic E-state index is 13.2. The van der Waals surface area contributed by atoms with Gasteiger partial charge in [-0.3, -0.25) is 9.69 Å². The van der Waals surface area contributed by atoms with Crippen LogP contribution in [-0.4, -0.2) is 48.8 Å². The smallest absolute Gasteiger partial charge is 0.371 e. The minimum Gasteiger partial charge on any atom is -0.371 e. The van der Waals surface area contributed by atoms with E-state index >= 15 is 0 Å². The third-order valence-electron chi connectivity index (χ3n) is 5.80.